The van der Waals surface area contributed by atoms with Crippen molar-refractivity contribution in [1.82, 2.24) is 0 Å². The molecule has 2 rings (SSSR count). The second-order valence-electron chi connectivity index (χ2n) is 4.49. The number of hydrogen-bond acceptors (Lipinski definition) is 3. The fourth-order valence-corrected chi connectivity index (χ4v) is 2.41. The molecule has 3 nitrogen and oxygen atoms in total. The number of ketones is 1. The number of nitrogens with zero attached hydrogens (tertiary/aromatic N) is 1. The first-order chi connectivity index (χ1) is 8.70. The zero-order valence-electron chi connectivity index (χ0n) is 9.99. The molecule has 1 saturated carbocycles. The van der Waals surface area contributed by atoms with Crippen LogP contribution in [0.4, 0.5) is 0 Å². The SMILES string of the molecule is N#Cc1ccc(OCC(=O)C2CCCC2)cc1Cl. The molecule has 0 N–H and O–H groups in total. The molecule has 0 bridgehead atoms. The Labute approximate surface area is 111 Å². The minimum absolute atomic E-state index is 0.0902. The van der Waals surface area contributed by atoms with Crippen molar-refractivity contribution in [2.45, 2.75) is 25.7 Å². The smallest absolute Gasteiger partial charge is 0.173 e. The van der Waals surface area contributed by atoms with Gasteiger partial charge in [0, 0.05) is 12.0 Å². The fourth-order valence-electron chi connectivity index (χ4n) is 2.20. The van der Waals surface area contributed by atoms with Gasteiger partial charge < -0.3 is 4.74 Å². The summed E-state index contributed by atoms with van der Waals surface area (Å²) in [4.78, 5) is 11.8. The van der Waals surface area contributed by atoms with Gasteiger partial charge in [-0.15, -0.1) is 0 Å². The summed E-state index contributed by atoms with van der Waals surface area (Å²) in [7, 11) is 0. The molecule has 0 heterocycles. The number of ether oxygens (including phenoxy) is 1. The summed E-state index contributed by atoms with van der Waals surface area (Å²) in [6.45, 7) is 0.0902. The predicted octanol–water partition coefficient (Wildman–Crippen LogP) is 3.35. The lowest BCUT2D eigenvalue weighted by atomic mass is 10.0. The Morgan fingerprint density at radius 2 is 2.17 bits per heavy atom. The van der Waals surface area contributed by atoms with Gasteiger partial charge in [-0.3, -0.25) is 4.79 Å². The summed E-state index contributed by atoms with van der Waals surface area (Å²) in [5.74, 6) is 0.859. The molecule has 0 saturated heterocycles. The molecular weight excluding hydrogens is 250 g/mol. The molecule has 94 valence electrons. The maximum Gasteiger partial charge on any atom is 0.173 e. The monoisotopic (exact) mass is 263 g/mol. The van der Waals surface area contributed by atoms with Crippen LogP contribution in [0.3, 0.4) is 0 Å². The number of hydrogen-bond donors (Lipinski definition) is 0. The highest BCUT2D eigenvalue weighted by Gasteiger charge is 2.22. The van der Waals surface area contributed by atoms with Gasteiger partial charge in [-0.1, -0.05) is 24.4 Å². The quantitative estimate of drug-likeness (QED) is 0.837. The normalized spacial score (nSPS) is 15.3. The molecule has 1 aliphatic rings. The van der Waals surface area contributed by atoms with E-state index in [9.17, 15) is 4.79 Å². The van der Waals surface area contributed by atoms with E-state index in [1.165, 1.54) is 0 Å². The molecule has 0 radical (unpaired) electrons. The van der Waals surface area contributed by atoms with Crippen LogP contribution < -0.4 is 4.74 Å². The molecule has 1 aromatic carbocycles. The molecule has 1 fully saturated rings. The number of carbonyl (C=O) groups excluding carboxylic acids is 1. The Balaban J connectivity index is 1.92. The van der Waals surface area contributed by atoms with E-state index in [1.807, 2.05) is 6.07 Å². The van der Waals surface area contributed by atoms with Crippen molar-refractivity contribution in [2.75, 3.05) is 6.61 Å². The highest BCUT2D eigenvalue weighted by Crippen LogP contribution is 2.26. The zero-order chi connectivity index (χ0) is 13.0. The molecule has 1 aromatic rings. The summed E-state index contributed by atoms with van der Waals surface area (Å²) < 4.78 is 5.42. The highest BCUT2D eigenvalue weighted by atomic mass is 35.5. The number of Topliss-reactive ketones (excluding diaryl/α,β-unsaturated/α-hetero) is 1. The van der Waals surface area contributed by atoms with Crippen molar-refractivity contribution < 1.29 is 9.53 Å². The Morgan fingerprint density at radius 3 is 2.78 bits per heavy atom. The van der Waals surface area contributed by atoms with Crippen LogP contribution in [0.15, 0.2) is 18.2 Å². The van der Waals surface area contributed by atoms with Crippen LogP contribution in [-0.2, 0) is 4.79 Å². The summed E-state index contributed by atoms with van der Waals surface area (Å²) in [5.41, 5.74) is 0.408. The molecule has 18 heavy (non-hydrogen) atoms. The number of halogens is 1. The van der Waals surface area contributed by atoms with Crippen LogP contribution in [0.25, 0.3) is 0 Å². The highest BCUT2D eigenvalue weighted by molar-refractivity contribution is 6.31. The lowest BCUT2D eigenvalue weighted by molar-refractivity contribution is -0.124. The van der Waals surface area contributed by atoms with Gasteiger partial charge in [-0.05, 0) is 25.0 Å². The van der Waals surface area contributed by atoms with Gasteiger partial charge in [0.15, 0.2) is 5.78 Å². The molecule has 0 aliphatic heterocycles. The maximum absolute atomic E-state index is 11.8. The minimum Gasteiger partial charge on any atom is -0.486 e. The number of nitriles is 1. The lowest BCUT2D eigenvalue weighted by Gasteiger charge is -2.10. The van der Waals surface area contributed by atoms with Gasteiger partial charge in [0.25, 0.3) is 0 Å². The average molecular weight is 264 g/mol. The Hall–Kier alpha value is -1.53. The van der Waals surface area contributed by atoms with Gasteiger partial charge in [-0.2, -0.15) is 5.26 Å². The van der Waals surface area contributed by atoms with E-state index in [2.05, 4.69) is 0 Å². The summed E-state index contributed by atoms with van der Waals surface area (Å²) in [6, 6.07) is 6.80. The third kappa shape index (κ3) is 3.02. The zero-order valence-corrected chi connectivity index (χ0v) is 10.7. The summed E-state index contributed by atoms with van der Waals surface area (Å²) >= 11 is 5.88. The number of benzene rings is 1. The van der Waals surface area contributed by atoms with Crippen LogP contribution in [0.5, 0.6) is 5.75 Å². The molecule has 0 unspecified atom stereocenters. The standard InChI is InChI=1S/C14H14ClNO2/c15-13-7-12(6-5-11(13)8-16)18-9-14(17)10-3-1-2-4-10/h5-7,10H,1-4,9H2. The van der Waals surface area contributed by atoms with Gasteiger partial charge >= 0.3 is 0 Å². The van der Waals surface area contributed by atoms with Crippen LogP contribution in [0.2, 0.25) is 5.02 Å². The number of carbonyl (C=O) groups is 1. The van der Waals surface area contributed by atoms with Crippen molar-refractivity contribution in [3.63, 3.8) is 0 Å². The fraction of sp³-hybridized carbons (Fsp3) is 0.429. The average Bonchev–Trinajstić information content (AvgIpc) is 2.90. The van der Waals surface area contributed by atoms with Crippen LogP contribution >= 0.6 is 11.6 Å². The lowest BCUT2D eigenvalue weighted by Crippen LogP contribution is -2.19. The van der Waals surface area contributed by atoms with E-state index in [0.29, 0.717) is 16.3 Å². The first-order valence-corrected chi connectivity index (χ1v) is 6.43. The Bertz CT molecular complexity index is 487. The van der Waals surface area contributed by atoms with E-state index < -0.39 is 0 Å². The van der Waals surface area contributed by atoms with E-state index >= 15 is 0 Å². The first-order valence-electron chi connectivity index (χ1n) is 6.06. The molecule has 0 spiro atoms. The predicted molar refractivity (Wildman–Crippen MR) is 68.6 cm³/mol. The number of rotatable bonds is 4. The second-order valence-corrected chi connectivity index (χ2v) is 4.90. The van der Waals surface area contributed by atoms with E-state index in [4.69, 9.17) is 21.6 Å². The van der Waals surface area contributed by atoms with Gasteiger partial charge in [-0.25, -0.2) is 0 Å². The van der Waals surface area contributed by atoms with E-state index in [-0.39, 0.29) is 18.3 Å². The maximum atomic E-state index is 11.8. The summed E-state index contributed by atoms with van der Waals surface area (Å²) in [5, 5.41) is 9.09. The molecule has 1 aliphatic carbocycles. The third-order valence-electron chi connectivity index (χ3n) is 3.25. The largest absolute Gasteiger partial charge is 0.486 e. The van der Waals surface area contributed by atoms with Crippen molar-refractivity contribution >= 4 is 17.4 Å². The van der Waals surface area contributed by atoms with Crippen molar-refractivity contribution in [3.05, 3.63) is 28.8 Å². The second kappa shape index (κ2) is 5.88. The third-order valence-corrected chi connectivity index (χ3v) is 3.57. The van der Waals surface area contributed by atoms with Crippen molar-refractivity contribution in [3.8, 4) is 11.8 Å². The Kier molecular flexibility index (Phi) is 4.22. The van der Waals surface area contributed by atoms with Crippen LogP contribution in [-0.4, -0.2) is 12.4 Å². The van der Waals surface area contributed by atoms with Gasteiger partial charge in [0.05, 0.1) is 10.6 Å². The molecule has 0 atom stereocenters. The molecule has 4 heteroatoms. The van der Waals surface area contributed by atoms with Crippen LogP contribution in [0, 0.1) is 17.2 Å². The van der Waals surface area contributed by atoms with E-state index in [1.54, 1.807) is 18.2 Å². The van der Waals surface area contributed by atoms with Crippen molar-refractivity contribution in [1.29, 1.82) is 5.26 Å². The Morgan fingerprint density at radius 1 is 1.44 bits per heavy atom. The van der Waals surface area contributed by atoms with Gasteiger partial charge in [0.2, 0.25) is 0 Å². The summed E-state index contributed by atoms with van der Waals surface area (Å²) in [6.07, 6.45) is 4.24. The van der Waals surface area contributed by atoms with Crippen LogP contribution in [0.1, 0.15) is 31.2 Å². The molecular formula is C14H14ClNO2. The molecule has 0 amide bonds. The molecule has 0 aromatic heterocycles. The first kappa shape index (κ1) is 12.9. The minimum atomic E-state index is 0.0902. The van der Waals surface area contributed by atoms with Crippen molar-refractivity contribution in [2.24, 2.45) is 5.92 Å². The topological polar surface area (TPSA) is 50.1 Å². The van der Waals surface area contributed by atoms with E-state index in [0.717, 1.165) is 25.7 Å². The van der Waals surface area contributed by atoms with Gasteiger partial charge in [0.1, 0.15) is 18.4 Å².